The summed E-state index contributed by atoms with van der Waals surface area (Å²) in [4.78, 5) is 24.8. The van der Waals surface area contributed by atoms with Gasteiger partial charge in [0.2, 0.25) is 16.9 Å². The summed E-state index contributed by atoms with van der Waals surface area (Å²) in [6, 6.07) is 6.70. The lowest BCUT2D eigenvalue weighted by Gasteiger charge is -2.22. The van der Waals surface area contributed by atoms with E-state index in [1.54, 1.807) is 12.1 Å². The van der Waals surface area contributed by atoms with Gasteiger partial charge in [-0.05, 0) is 30.9 Å². The summed E-state index contributed by atoms with van der Waals surface area (Å²) in [6.45, 7) is 3.95. The topological polar surface area (TPSA) is 84.0 Å². The Morgan fingerprint density at radius 1 is 1.27 bits per heavy atom. The second kappa shape index (κ2) is 8.14. The molecule has 0 saturated heterocycles. The van der Waals surface area contributed by atoms with E-state index in [1.165, 1.54) is 11.3 Å². The van der Waals surface area contributed by atoms with Crippen molar-refractivity contribution in [1.82, 2.24) is 15.5 Å². The molecule has 0 aliphatic heterocycles. The summed E-state index contributed by atoms with van der Waals surface area (Å²) in [5.74, 6) is -0.203. The Balaban J connectivity index is 1.68. The van der Waals surface area contributed by atoms with Gasteiger partial charge >= 0.3 is 0 Å². The average Bonchev–Trinajstić information content (AvgIpc) is 3.39. The first-order valence-electron chi connectivity index (χ1n) is 8.68. The summed E-state index contributed by atoms with van der Waals surface area (Å²) < 4.78 is 0. The molecule has 1 heterocycles. The van der Waals surface area contributed by atoms with Crippen molar-refractivity contribution in [3.8, 4) is 10.6 Å². The number of carbonyl (C=O) groups excluding carboxylic acids is 2. The maximum atomic E-state index is 12.7. The monoisotopic (exact) mass is 392 g/mol. The van der Waals surface area contributed by atoms with Crippen LogP contribution >= 0.6 is 22.9 Å². The number of hydrogen-bond donors (Lipinski definition) is 2. The van der Waals surface area contributed by atoms with Crippen LogP contribution < -0.4 is 10.6 Å². The van der Waals surface area contributed by atoms with E-state index >= 15 is 0 Å². The Labute approximate surface area is 161 Å². The summed E-state index contributed by atoms with van der Waals surface area (Å²) in [5, 5.41) is 15.6. The summed E-state index contributed by atoms with van der Waals surface area (Å²) in [7, 11) is 0. The lowest BCUT2D eigenvalue weighted by atomic mass is 9.98. The minimum Gasteiger partial charge on any atom is -0.344 e. The number of benzene rings is 1. The molecule has 26 heavy (non-hydrogen) atoms. The Morgan fingerprint density at radius 2 is 1.96 bits per heavy atom. The van der Waals surface area contributed by atoms with Crippen LogP contribution in [0.5, 0.6) is 0 Å². The van der Waals surface area contributed by atoms with Crippen molar-refractivity contribution in [2.24, 2.45) is 11.8 Å². The van der Waals surface area contributed by atoms with Gasteiger partial charge < -0.3 is 5.32 Å². The molecule has 0 radical (unpaired) electrons. The van der Waals surface area contributed by atoms with E-state index in [-0.39, 0.29) is 23.7 Å². The zero-order valence-corrected chi connectivity index (χ0v) is 16.2. The van der Waals surface area contributed by atoms with E-state index in [9.17, 15) is 9.59 Å². The van der Waals surface area contributed by atoms with Crippen molar-refractivity contribution >= 4 is 39.9 Å². The van der Waals surface area contributed by atoms with Gasteiger partial charge in [0.15, 0.2) is 0 Å². The molecule has 138 valence electrons. The highest BCUT2D eigenvalue weighted by molar-refractivity contribution is 7.18. The standard InChI is InChI=1S/C18H21ClN4O2S/c1-3-10(2)14(20-15(24)11-4-5-11)16(25)21-18-23-22-17(26-18)12-6-8-13(19)9-7-12/h6-11,14H,3-5H2,1-2H3,(H,20,24)(H,21,23,25). The molecule has 1 aliphatic carbocycles. The smallest absolute Gasteiger partial charge is 0.249 e. The highest BCUT2D eigenvalue weighted by Gasteiger charge is 2.34. The van der Waals surface area contributed by atoms with E-state index in [0.29, 0.717) is 15.2 Å². The summed E-state index contributed by atoms with van der Waals surface area (Å²) in [6.07, 6.45) is 2.60. The molecular formula is C18H21ClN4O2S. The summed E-state index contributed by atoms with van der Waals surface area (Å²) >= 11 is 7.18. The van der Waals surface area contributed by atoms with Gasteiger partial charge in [0.1, 0.15) is 11.0 Å². The maximum Gasteiger partial charge on any atom is 0.249 e. The molecule has 2 aromatic rings. The molecule has 8 heteroatoms. The number of amides is 2. The second-order valence-corrected chi connectivity index (χ2v) is 7.97. The predicted molar refractivity (Wildman–Crippen MR) is 103 cm³/mol. The number of nitrogens with one attached hydrogen (secondary N) is 2. The van der Waals surface area contributed by atoms with Crippen LogP contribution in [0, 0.1) is 11.8 Å². The minimum absolute atomic E-state index is 0.0290. The van der Waals surface area contributed by atoms with Crippen molar-refractivity contribution in [2.75, 3.05) is 5.32 Å². The Kier molecular flexibility index (Phi) is 5.88. The first kappa shape index (κ1) is 18.8. The van der Waals surface area contributed by atoms with E-state index < -0.39 is 6.04 Å². The number of carbonyl (C=O) groups is 2. The molecule has 3 rings (SSSR count). The third-order valence-corrected chi connectivity index (χ3v) is 5.63. The van der Waals surface area contributed by atoms with Crippen LogP contribution in [0.25, 0.3) is 10.6 Å². The largest absolute Gasteiger partial charge is 0.344 e. The van der Waals surface area contributed by atoms with Gasteiger partial charge in [-0.25, -0.2) is 0 Å². The van der Waals surface area contributed by atoms with Crippen LogP contribution in [-0.2, 0) is 9.59 Å². The molecular weight excluding hydrogens is 372 g/mol. The van der Waals surface area contributed by atoms with E-state index in [4.69, 9.17) is 11.6 Å². The number of halogens is 1. The van der Waals surface area contributed by atoms with Crippen molar-refractivity contribution in [2.45, 2.75) is 39.2 Å². The molecule has 6 nitrogen and oxygen atoms in total. The molecule has 0 spiro atoms. The van der Waals surface area contributed by atoms with Gasteiger partial charge in [-0.3, -0.25) is 14.9 Å². The normalized spacial score (nSPS) is 16.0. The molecule has 1 aromatic heterocycles. The van der Waals surface area contributed by atoms with E-state index in [2.05, 4.69) is 20.8 Å². The fraction of sp³-hybridized carbons (Fsp3) is 0.444. The first-order valence-corrected chi connectivity index (χ1v) is 9.88. The third kappa shape index (κ3) is 4.59. The minimum atomic E-state index is -0.573. The van der Waals surface area contributed by atoms with Gasteiger partial charge in [-0.2, -0.15) is 0 Å². The predicted octanol–water partition coefficient (Wildman–Crippen LogP) is 3.74. The molecule has 1 aromatic carbocycles. The summed E-state index contributed by atoms with van der Waals surface area (Å²) in [5.41, 5.74) is 0.882. The van der Waals surface area contributed by atoms with Gasteiger partial charge in [-0.15, -0.1) is 10.2 Å². The highest BCUT2D eigenvalue weighted by Crippen LogP contribution is 2.30. The molecule has 1 fully saturated rings. The molecule has 2 atom stereocenters. The number of aromatic nitrogens is 2. The number of hydrogen-bond acceptors (Lipinski definition) is 5. The molecule has 1 aliphatic rings. The van der Waals surface area contributed by atoms with Crippen LogP contribution in [0.3, 0.4) is 0 Å². The van der Waals surface area contributed by atoms with E-state index in [0.717, 1.165) is 24.8 Å². The number of anilines is 1. The van der Waals surface area contributed by atoms with Gasteiger partial charge in [0, 0.05) is 16.5 Å². The van der Waals surface area contributed by atoms with Crippen LogP contribution in [0.4, 0.5) is 5.13 Å². The highest BCUT2D eigenvalue weighted by atomic mass is 35.5. The molecule has 1 saturated carbocycles. The van der Waals surface area contributed by atoms with Crippen LogP contribution in [-0.4, -0.2) is 28.1 Å². The van der Waals surface area contributed by atoms with Crippen LogP contribution in [0.1, 0.15) is 33.1 Å². The molecule has 2 N–H and O–H groups in total. The quantitative estimate of drug-likeness (QED) is 0.751. The SMILES string of the molecule is CCC(C)C(NC(=O)C1CC1)C(=O)Nc1nnc(-c2ccc(Cl)cc2)s1. The van der Waals surface area contributed by atoms with Crippen molar-refractivity contribution in [3.05, 3.63) is 29.3 Å². The molecule has 2 unspecified atom stereocenters. The first-order chi connectivity index (χ1) is 12.5. The van der Waals surface area contributed by atoms with Gasteiger partial charge in [0.25, 0.3) is 0 Å². The fourth-order valence-electron chi connectivity index (χ4n) is 2.48. The van der Waals surface area contributed by atoms with Gasteiger partial charge in [-0.1, -0.05) is 55.3 Å². The maximum absolute atomic E-state index is 12.7. The number of nitrogens with zero attached hydrogens (tertiary/aromatic N) is 2. The zero-order chi connectivity index (χ0) is 18.7. The van der Waals surface area contributed by atoms with Gasteiger partial charge in [0.05, 0.1) is 0 Å². The fourth-order valence-corrected chi connectivity index (χ4v) is 3.36. The third-order valence-electron chi connectivity index (χ3n) is 4.49. The Bertz CT molecular complexity index is 789. The Hall–Kier alpha value is -1.99. The average molecular weight is 393 g/mol. The van der Waals surface area contributed by atoms with E-state index in [1.807, 2.05) is 26.0 Å². The van der Waals surface area contributed by atoms with Crippen molar-refractivity contribution in [3.63, 3.8) is 0 Å². The molecule has 2 amide bonds. The number of rotatable bonds is 7. The lowest BCUT2D eigenvalue weighted by Crippen LogP contribution is -2.48. The lowest BCUT2D eigenvalue weighted by molar-refractivity contribution is -0.128. The second-order valence-electron chi connectivity index (χ2n) is 6.55. The Morgan fingerprint density at radius 3 is 2.58 bits per heavy atom. The van der Waals surface area contributed by atoms with Crippen LogP contribution in [0.2, 0.25) is 5.02 Å². The van der Waals surface area contributed by atoms with Crippen molar-refractivity contribution < 1.29 is 9.59 Å². The molecule has 0 bridgehead atoms. The van der Waals surface area contributed by atoms with Crippen LogP contribution in [0.15, 0.2) is 24.3 Å². The zero-order valence-electron chi connectivity index (χ0n) is 14.7. The van der Waals surface area contributed by atoms with Crippen molar-refractivity contribution in [1.29, 1.82) is 0 Å².